The Balaban J connectivity index is 5.24. The number of hydrogen-bond acceptors (Lipinski definition) is 15. The van der Waals surface area contributed by atoms with Gasteiger partial charge in [0, 0.05) is 25.7 Å². The van der Waals surface area contributed by atoms with E-state index in [0.717, 1.165) is 89.9 Å². The van der Waals surface area contributed by atoms with Crippen LogP contribution >= 0.6 is 15.6 Å². The summed E-state index contributed by atoms with van der Waals surface area (Å²) in [4.78, 5) is 73.7. The molecule has 0 amide bonds. The second-order valence-electron chi connectivity index (χ2n) is 35.2. The minimum absolute atomic E-state index is 0.110. The minimum atomic E-state index is -4.97. The number of esters is 4. The van der Waals surface area contributed by atoms with Crippen molar-refractivity contribution in [3.05, 3.63) is 0 Å². The number of rotatable bonds is 99. The molecule has 0 spiro atoms. The third-order valence-corrected chi connectivity index (χ3v) is 25.3. The van der Waals surface area contributed by atoms with E-state index in [1.54, 1.807) is 0 Å². The Labute approximate surface area is 721 Å². The van der Waals surface area contributed by atoms with E-state index in [9.17, 15) is 43.2 Å². The second-order valence-corrected chi connectivity index (χ2v) is 38.1. The molecule has 0 rings (SSSR count). The van der Waals surface area contributed by atoms with Crippen molar-refractivity contribution in [3.8, 4) is 0 Å². The van der Waals surface area contributed by atoms with Crippen LogP contribution in [0, 0.1) is 0 Å². The molecule has 0 aliphatic carbocycles. The molecule has 0 aromatic carbocycles. The summed E-state index contributed by atoms with van der Waals surface area (Å²) in [5.74, 6) is -2.08. The number of ether oxygens (including phenoxy) is 4. The molecule has 117 heavy (non-hydrogen) atoms. The maximum absolute atomic E-state index is 13.2. The van der Waals surface area contributed by atoms with Gasteiger partial charge >= 0.3 is 39.5 Å². The van der Waals surface area contributed by atoms with Crippen LogP contribution in [0.4, 0.5) is 0 Å². The summed E-state index contributed by atoms with van der Waals surface area (Å²) in [6, 6.07) is 0. The molecule has 19 heteroatoms. The zero-order valence-electron chi connectivity index (χ0n) is 77.2. The van der Waals surface area contributed by atoms with Gasteiger partial charge in [-0.1, -0.05) is 496 Å². The van der Waals surface area contributed by atoms with E-state index in [0.29, 0.717) is 25.7 Å². The van der Waals surface area contributed by atoms with Gasteiger partial charge in [0.25, 0.3) is 0 Å². The summed E-state index contributed by atoms with van der Waals surface area (Å²) in [5.41, 5.74) is 0. The van der Waals surface area contributed by atoms with Crippen LogP contribution in [0.1, 0.15) is 548 Å². The molecule has 0 saturated heterocycles. The van der Waals surface area contributed by atoms with Crippen LogP contribution in [0.3, 0.4) is 0 Å². The maximum Gasteiger partial charge on any atom is 0.472 e. The predicted molar refractivity (Wildman–Crippen MR) is 488 cm³/mol. The lowest BCUT2D eigenvalue weighted by Gasteiger charge is -2.21. The summed E-state index contributed by atoms with van der Waals surface area (Å²) in [7, 11) is -9.94. The van der Waals surface area contributed by atoms with E-state index >= 15 is 0 Å². The molecule has 0 aromatic heterocycles. The summed E-state index contributed by atoms with van der Waals surface area (Å²) >= 11 is 0. The van der Waals surface area contributed by atoms with Crippen molar-refractivity contribution in [2.75, 3.05) is 39.6 Å². The topological polar surface area (TPSA) is 237 Å². The monoisotopic (exact) mass is 1700 g/mol. The third kappa shape index (κ3) is 91.6. The lowest BCUT2D eigenvalue weighted by atomic mass is 10.0. The molecule has 0 saturated carbocycles. The maximum atomic E-state index is 13.2. The molecule has 0 bridgehead atoms. The summed E-state index contributed by atoms with van der Waals surface area (Å²) in [6.45, 7) is 5.13. The Hall–Kier alpha value is -1.94. The normalized spacial score (nSPS) is 13.5. The van der Waals surface area contributed by atoms with Gasteiger partial charge in [0.15, 0.2) is 12.2 Å². The van der Waals surface area contributed by atoms with Crippen LogP contribution in [-0.2, 0) is 65.4 Å². The summed E-state index contributed by atoms with van der Waals surface area (Å²) < 4.78 is 69.3. The fourth-order valence-corrected chi connectivity index (χ4v) is 17.2. The van der Waals surface area contributed by atoms with Gasteiger partial charge in [-0.05, 0) is 25.7 Å². The molecule has 0 aliphatic rings. The lowest BCUT2D eigenvalue weighted by molar-refractivity contribution is -0.161. The van der Waals surface area contributed by atoms with Crippen LogP contribution < -0.4 is 0 Å². The molecule has 0 heterocycles. The van der Waals surface area contributed by atoms with Crippen LogP contribution in [-0.4, -0.2) is 96.7 Å². The van der Waals surface area contributed by atoms with Gasteiger partial charge in [-0.2, -0.15) is 0 Å². The molecule has 3 N–H and O–H groups in total. The Morgan fingerprint density at radius 3 is 0.504 bits per heavy atom. The van der Waals surface area contributed by atoms with Crippen molar-refractivity contribution in [1.82, 2.24) is 0 Å². The van der Waals surface area contributed by atoms with E-state index < -0.39 is 97.5 Å². The van der Waals surface area contributed by atoms with Crippen LogP contribution in [0.15, 0.2) is 0 Å². The van der Waals surface area contributed by atoms with Crippen molar-refractivity contribution in [3.63, 3.8) is 0 Å². The molecule has 2 unspecified atom stereocenters. The standard InChI is InChI=1S/C98H192O17P2/c1-5-9-13-17-21-25-29-33-36-39-42-45-48-51-54-57-61-65-69-73-77-81-85-98(103)115-94(89-109-96(101)83-79-75-71-67-63-59-55-52-49-46-43-40-37-34-30-26-22-18-14-10-6-2)91-113-117(106,107)111-87-92(99)86-110-116(104,105)112-90-93(88-108-95(100)82-78-74-70-66-62-58-32-28-24-20-16-12-8-4)114-97(102)84-80-76-72-68-64-60-56-53-50-47-44-41-38-35-31-27-23-19-15-11-7-3/h92-94,99H,5-91H2,1-4H3,(H,104,105)(H,106,107)/t92-,93+,94+/m0/s1. The molecule has 0 aromatic rings. The molecular weight excluding hydrogens is 1510 g/mol. The van der Waals surface area contributed by atoms with Gasteiger partial charge in [-0.3, -0.25) is 37.3 Å². The number of phosphoric ester groups is 2. The van der Waals surface area contributed by atoms with Gasteiger partial charge in [-0.15, -0.1) is 0 Å². The average molecular weight is 1700 g/mol. The fourth-order valence-electron chi connectivity index (χ4n) is 15.6. The minimum Gasteiger partial charge on any atom is -0.462 e. The highest BCUT2D eigenvalue weighted by Gasteiger charge is 2.31. The van der Waals surface area contributed by atoms with E-state index in [-0.39, 0.29) is 25.7 Å². The van der Waals surface area contributed by atoms with Crippen LogP contribution in [0.5, 0.6) is 0 Å². The Morgan fingerprint density at radius 2 is 0.342 bits per heavy atom. The third-order valence-electron chi connectivity index (χ3n) is 23.4. The number of aliphatic hydroxyl groups is 1. The quantitative estimate of drug-likeness (QED) is 0.0222. The SMILES string of the molecule is CCCCCCCCCCCCCCCCCCCCCCCCC(=O)O[C@H](COC(=O)CCCCCCCCCCCCCCCCCCCCCCC)COP(=O)(O)OC[C@@H](O)COP(=O)(O)OC[C@@H](COC(=O)CCCCCCCCCCCCCCC)OC(=O)CCCCCCCCCCCCCCCCCCCCCCC. The highest BCUT2D eigenvalue weighted by atomic mass is 31.2. The molecular formula is C98H192O17P2. The zero-order chi connectivity index (χ0) is 85.2. The number of phosphoric acid groups is 2. The Kier molecular flexibility index (Phi) is 90.2. The molecule has 17 nitrogen and oxygen atoms in total. The Bertz CT molecular complexity index is 2190. The van der Waals surface area contributed by atoms with Crippen molar-refractivity contribution >= 4 is 39.5 Å². The van der Waals surface area contributed by atoms with Crippen molar-refractivity contribution in [2.24, 2.45) is 0 Å². The largest absolute Gasteiger partial charge is 0.472 e. The number of hydrogen-bond donors (Lipinski definition) is 3. The number of aliphatic hydroxyl groups excluding tert-OH is 1. The highest BCUT2D eigenvalue weighted by Crippen LogP contribution is 2.45. The lowest BCUT2D eigenvalue weighted by Crippen LogP contribution is -2.30. The second kappa shape index (κ2) is 91.7. The predicted octanol–water partition coefficient (Wildman–Crippen LogP) is 31.2. The smallest absolute Gasteiger partial charge is 0.462 e. The van der Waals surface area contributed by atoms with Crippen molar-refractivity contribution < 1.29 is 80.2 Å². The number of carbonyl (C=O) groups is 4. The first kappa shape index (κ1) is 115. The fraction of sp³-hybridized carbons (Fsp3) is 0.959. The first-order chi connectivity index (χ1) is 57.2. The first-order valence-corrected chi connectivity index (χ1v) is 53.8. The number of carbonyl (C=O) groups excluding carboxylic acids is 4. The van der Waals surface area contributed by atoms with Crippen LogP contribution in [0.25, 0.3) is 0 Å². The van der Waals surface area contributed by atoms with E-state index in [1.807, 2.05) is 0 Å². The van der Waals surface area contributed by atoms with Crippen molar-refractivity contribution in [1.29, 1.82) is 0 Å². The first-order valence-electron chi connectivity index (χ1n) is 50.8. The molecule has 5 atom stereocenters. The summed E-state index contributed by atoms with van der Waals surface area (Å²) in [5, 5.41) is 10.7. The molecule has 0 radical (unpaired) electrons. The van der Waals surface area contributed by atoms with Crippen LogP contribution in [0.2, 0.25) is 0 Å². The van der Waals surface area contributed by atoms with Gasteiger partial charge in [0.05, 0.1) is 26.4 Å². The summed E-state index contributed by atoms with van der Waals surface area (Å²) in [6.07, 6.45) is 92.0. The zero-order valence-corrected chi connectivity index (χ0v) is 79.0. The molecule has 696 valence electrons. The van der Waals surface area contributed by atoms with Gasteiger partial charge in [0.2, 0.25) is 0 Å². The molecule has 0 fully saturated rings. The van der Waals surface area contributed by atoms with Crippen molar-refractivity contribution in [2.45, 2.75) is 566 Å². The Morgan fingerprint density at radius 1 is 0.205 bits per heavy atom. The van der Waals surface area contributed by atoms with E-state index in [2.05, 4.69) is 27.7 Å². The van der Waals surface area contributed by atoms with E-state index in [1.165, 1.54) is 379 Å². The highest BCUT2D eigenvalue weighted by molar-refractivity contribution is 7.47. The van der Waals surface area contributed by atoms with Gasteiger partial charge < -0.3 is 33.8 Å². The number of unbranched alkanes of at least 4 members (excludes halogenated alkanes) is 73. The van der Waals surface area contributed by atoms with E-state index in [4.69, 9.17) is 37.0 Å². The van der Waals surface area contributed by atoms with Gasteiger partial charge in [-0.25, -0.2) is 9.13 Å². The van der Waals surface area contributed by atoms with Gasteiger partial charge in [0.1, 0.15) is 19.3 Å². The molecule has 0 aliphatic heterocycles. The average Bonchev–Trinajstić information content (AvgIpc) is 0.898.